The number of aromatic amines is 1. The van der Waals surface area contributed by atoms with Gasteiger partial charge in [0, 0.05) is 49.2 Å². The Bertz CT molecular complexity index is 891. The molecule has 2 aliphatic heterocycles. The van der Waals surface area contributed by atoms with Gasteiger partial charge in [0.25, 0.3) is 0 Å². The van der Waals surface area contributed by atoms with E-state index >= 15 is 0 Å². The third-order valence-corrected chi connectivity index (χ3v) is 5.20. The Balaban J connectivity index is 1.49. The summed E-state index contributed by atoms with van der Waals surface area (Å²) in [4.78, 5) is 7.85. The first-order valence-corrected chi connectivity index (χ1v) is 9.21. The molecular formula is C19H22N4O3. The van der Waals surface area contributed by atoms with Crippen LogP contribution in [0.25, 0.3) is 22.0 Å². The standard InChI is InChI=1S/C19H22N4O3/c1-5-20-19(26-15-3-7-24-8-4-15)18-16(10-21-17(1)18)13-9-22-23(11-13)14-2-6-25-12-14/h1,5,9-11,14-15,21H,2-4,6-8,12H2/t14-/m1/s1. The smallest absolute Gasteiger partial charge is 0.223 e. The van der Waals surface area contributed by atoms with Crippen molar-refractivity contribution in [2.75, 3.05) is 26.4 Å². The molecule has 3 aromatic rings. The second-order valence-electron chi connectivity index (χ2n) is 6.90. The minimum atomic E-state index is 0.156. The van der Waals surface area contributed by atoms with Crippen LogP contribution in [0.5, 0.6) is 5.88 Å². The Hall–Kier alpha value is -2.38. The molecule has 2 saturated heterocycles. The lowest BCUT2D eigenvalue weighted by atomic mass is 10.1. The van der Waals surface area contributed by atoms with Crippen molar-refractivity contribution < 1.29 is 14.2 Å². The van der Waals surface area contributed by atoms with Crippen LogP contribution in [0.15, 0.2) is 30.9 Å². The largest absolute Gasteiger partial charge is 0.474 e. The predicted molar refractivity (Wildman–Crippen MR) is 96.3 cm³/mol. The third-order valence-electron chi connectivity index (χ3n) is 5.20. The molecule has 2 aliphatic rings. The number of rotatable bonds is 4. The van der Waals surface area contributed by atoms with E-state index < -0.39 is 0 Å². The Morgan fingerprint density at radius 3 is 2.88 bits per heavy atom. The topological polar surface area (TPSA) is 74.2 Å². The third kappa shape index (κ3) is 2.87. The summed E-state index contributed by atoms with van der Waals surface area (Å²) in [6.45, 7) is 3.03. The van der Waals surface area contributed by atoms with E-state index in [-0.39, 0.29) is 6.10 Å². The lowest BCUT2D eigenvalue weighted by Crippen LogP contribution is -2.26. The number of ether oxygens (including phenoxy) is 3. The molecule has 136 valence electrons. The van der Waals surface area contributed by atoms with E-state index in [2.05, 4.69) is 21.3 Å². The monoisotopic (exact) mass is 354 g/mol. The molecule has 5 heterocycles. The minimum Gasteiger partial charge on any atom is -0.474 e. The molecule has 7 nitrogen and oxygen atoms in total. The van der Waals surface area contributed by atoms with E-state index in [9.17, 15) is 0 Å². The molecule has 0 spiro atoms. The zero-order valence-corrected chi connectivity index (χ0v) is 14.6. The normalized spacial score (nSPS) is 21.5. The Morgan fingerprint density at radius 2 is 2.04 bits per heavy atom. The van der Waals surface area contributed by atoms with E-state index in [0.717, 1.165) is 67.7 Å². The number of H-pyrrole nitrogens is 1. The van der Waals surface area contributed by atoms with Crippen molar-refractivity contribution in [2.45, 2.75) is 31.4 Å². The fourth-order valence-corrected chi connectivity index (χ4v) is 3.72. The summed E-state index contributed by atoms with van der Waals surface area (Å²) in [6.07, 6.45) is 10.8. The highest BCUT2D eigenvalue weighted by Gasteiger charge is 2.22. The van der Waals surface area contributed by atoms with Crippen LogP contribution in [0.2, 0.25) is 0 Å². The van der Waals surface area contributed by atoms with Crippen LogP contribution >= 0.6 is 0 Å². The molecule has 0 unspecified atom stereocenters. The first kappa shape index (κ1) is 15.8. The Labute approximate surface area is 151 Å². The van der Waals surface area contributed by atoms with E-state index in [0.29, 0.717) is 11.9 Å². The van der Waals surface area contributed by atoms with Gasteiger partial charge in [-0.15, -0.1) is 0 Å². The van der Waals surface area contributed by atoms with E-state index in [4.69, 9.17) is 14.2 Å². The maximum Gasteiger partial charge on any atom is 0.223 e. The number of hydrogen-bond donors (Lipinski definition) is 1. The Morgan fingerprint density at radius 1 is 1.15 bits per heavy atom. The number of nitrogens with one attached hydrogen (secondary N) is 1. The molecule has 0 saturated carbocycles. The molecular weight excluding hydrogens is 332 g/mol. The molecule has 26 heavy (non-hydrogen) atoms. The molecule has 3 aromatic heterocycles. The zero-order valence-electron chi connectivity index (χ0n) is 14.6. The van der Waals surface area contributed by atoms with Gasteiger partial charge < -0.3 is 19.2 Å². The van der Waals surface area contributed by atoms with Crippen LogP contribution in [-0.4, -0.2) is 52.3 Å². The molecule has 0 bridgehead atoms. The van der Waals surface area contributed by atoms with Crippen LogP contribution in [-0.2, 0) is 9.47 Å². The average Bonchev–Trinajstić information content (AvgIpc) is 3.42. The Kier molecular flexibility index (Phi) is 4.10. The second-order valence-corrected chi connectivity index (χ2v) is 6.90. The van der Waals surface area contributed by atoms with Crippen molar-refractivity contribution in [3.8, 4) is 17.0 Å². The summed E-state index contributed by atoms with van der Waals surface area (Å²) in [5.74, 6) is 0.683. The van der Waals surface area contributed by atoms with Crippen LogP contribution in [0.1, 0.15) is 25.3 Å². The van der Waals surface area contributed by atoms with E-state index in [1.807, 2.05) is 23.1 Å². The molecule has 0 radical (unpaired) electrons. The van der Waals surface area contributed by atoms with E-state index in [1.54, 1.807) is 6.20 Å². The van der Waals surface area contributed by atoms with Crippen LogP contribution in [0.3, 0.4) is 0 Å². The van der Waals surface area contributed by atoms with Gasteiger partial charge in [-0.05, 0) is 12.5 Å². The molecule has 0 amide bonds. The first-order valence-electron chi connectivity index (χ1n) is 9.21. The van der Waals surface area contributed by atoms with Gasteiger partial charge in [-0.2, -0.15) is 5.10 Å². The maximum absolute atomic E-state index is 6.24. The lowest BCUT2D eigenvalue weighted by Gasteiger charge is -2.23. The van der Waals surface area contributed by atoms with Gasteiger partial charge in [0.15, 0.2) is 0 Å². The van der Waals surface area contributed by atoms with Crippen LogP contribution in [0, 0.1) is 0 Å². The quantitative estimate of drug-likeness (QED) is 0.780. The van der Waals surface area contributed by atoms with Crippen LogP contribution in [0.4, 0.5) is 0 Å². The molecule has 7 heteroatoms. The van der Waals surface area contributed by atoms with Gasteiger partial charge in [-0.25, -0.2) is 4.98 Å². The summed E-state index contributed by atoms with van der Waals surface area (Å²) in [5, 5.41) is 5.57. The van der Waals surface area contributed by atoms with Gasteiger partial charge in [-0.3, -0.25) is 4.68 Å². The number of fused-ring (bicyclic) bond motifs is 1. The highest BCUT2D eigenvalue weighted by atomic mass is 16.5. The fourth-order valence-electron chi connectivity index (χ4n) is 3.72. The summed E-state index contributed by atoms with van der Waals surface area (Å²) in [7, 11) is 0. The molecule has 1 N–H and O–H groups in total. The zero-order chi connectivity index (χ0) is 17.3. The van der Waals surface area contributed by atoms with Crippen molar-refractivity contribution >= 4 is 10.9 Å². The second kappa shape index (κ2) is 6.74. The van der Waals surface area contributed by atoms with Crippen molar-refractivity contribution in [2.24, 2.45) is 0 Å². The summed E-state index contributed by atoms with van der Waals surface area (Å²) < 4.78 is 19.2. The molecule has 2 fully saturated rings. The SMILES string of the molecule is c1cc2[nH]cc(-c3cnn([C@@H]4CCOC4)c3)c2c(OC2CCOCC2)n1. The minimum absolute atomic E-state index is 0.156. The van der Waals surface area contributed by atoms with Gasteiger partial charge in [0.1, 0.15) is 6.10 Å². The highest BCUT2D eigenvalue weighted by molar-refractivity contribution is 5.98. The van der Waals surface area contributed by atoms with Gasteiger partial charge >= 0.3 is 0 Å². The predicted octanol–water partition coefficient (Wildman–Crippen LogP) is 2.95. The lowest BCUT2D eigenvalue weighted by molar-refractivity contribution is 0.0244. The summed E-state index contributed by atoms with van der Waals surface area (Å²) in [6, 6.07) is 2.30. The number of hydrogen-bond acceptors (Lipinski definition) is 5. The van der Waals surface area contributed by atoms with Gasteiger partial charge in [-0.1, -0.05) is 0 Å². The van der Waals surface area contributed by atoms with Gasteiger partial charge in [0.2, 0.25) is 5.88 Å². The molecule has 0 aliphatic carbocycles. The van der Waals surface area contributed by atoms with Gasteiger partial charge in [0.05, 0.1) is 43.0 Å². The fraction of sp³-hybridized carbons (Fsp3) is 0.474. The van der Waals surface area contributed by atoms with E-state index in [1.165, 1.54) is 0 Å². The number of aromatic nitrogens is 4. The molecule has 1 atom stereocenters. The summed E-state index contributed by atoms with van der Waals surface area (Å²) in [5.41, 5.74) is 3.15. The van der Waals surface area contributed by atoms with Crippen molar-refractivity contribution in [1.29, 1.82) is 0 Å². The van der Waals surface area contributed by atoms with Crippen molar-refractivity contribution in [3.05, 3.63) is 30.9 Å². The molecule has 0 aromatic carbocycles. The molecule has 5 rings (SSSR count). The first-order chi connectivity index (χ1) is 12.9. The summed E-state index contributed by atoms with van der Waals surface area (Å²) >= 11 is 0. The maximum atomic E-state index is 6.24. The number of pyridine rings is 1. The van der Waals surface area contributed by atoms with Crippen molar-refractivity contribution in [1.82, 2.24) is 19.7 Å². The van der Waals surface area contributed by atoms with Crippen LogP contribution < -0.4 is 4.74 Å². The average molecular weight is 354 g/mol. The van der Waals surface area contributed by atoms with Crippen molar-refractivity contribution in [3.63, 3.8) is 0 Å². The number of nitrogens with zero attached hydrogens (tertiary/aromatic N) is 3. The highest BCUT2D eigenvalue weighted by Crippen LogP contribution is 2.35.